The summed E-state index contributed by atoms with van der Waals surface area (Å²) in [4.78, 5) is 12.4. The Morgan fingerprint density at radius 1 is 0.812 bits per heavy atom. The molecule has 1 saturated carbocycles. The van der Waals surface area contributed by atoms with E-state index >= 15 is 0 Å². The molecule has 7 heteroatoms. The van der Waals surface area contributed by atoms with Crippen molar-refractivity contribution in [1.82, 2.24) is 16.0 Å². The van der Waals surface area contributed by atoms with Crippen molar-refractivity contribution >= 4 is 30.7 Å². The van der Waals surface area contributed by atoms with Gasteiger partial charge in [-0.15, -0.1) is 24.8 Å². The average Bonchev–Trinajstić information content (AvgIpc) is 2.79. The van der Waals surface area contributed by atoms with Gasteiger partial charge in [0, 0.05) is 31.2 Å². The maximum atomic E-state index is 12.4. The van der Waals surface area contributed by atoms with Crippen LogP contribution in [-0.4, -0.2) is 38.1 Å². The van der Waals surface area contributed by atoms with E-state index < -0.39 is 0 Å². The van der Waals surface area contributed by atoms with Crippen LogP contribution in [-0.2, 0) is 0 Å². The number of hydrogen-bond donors (Lipinski definition) is 3. The number of halogens is 2. The number of carbonyl (C=O) groups is 1. The molecule has 3 N–H and O–H groups in total. The van der Waals surface area contributed by atoms with Crippen LogP contribution >= 0.6 is 24.8 Å². The van der Waals surface area contributed by atoms with Gasteiger partial charge in [-0.05, 0) is 62.6 Å². The molecule has 5 nitrogen and oxygen atoms in total. The Bertz CT molecular complexity index is 756. The van der Waals surface area contributed by atoms with Crippen molar-refractivity contribution in [1.29, 1.82) is 0 Å². The highest BCUT2D eigenvalue weighted by Crippen LogP contribution is 2.21. The number of amides is 1. The number of ether oxygens (including phenoxy) is 1. The number of hydrogen-bond acceptors (Lipinski definition) is 4. The smallest absolute Gasteiger partial charge is 0.251 e. The van der Waals surface area contributed by atoms with E-state index in [1.807, 2.05) is 48.5 Å². The van der Waals surface area contributed by atoms with E-state index in [1.165, 1.54) is 32.1 Å². The first-order chi connectivity index (χ1) is 14.8. The predicted molar refractivity (Wildman–Crippen MR) is 137 cm³/mol. The van der Waals surface area contributed by atoms with Gasteiger partial charge < -0.3 is 20.7 Å². The fourth-order valence-corrected chi connectivity index (χ4v) is 3.80. The SMILES string of the molecule is Cl.Cl.O=C(NCCCCNCCNC1CCCCC1)c1cccc(Oc2ccccc2)c1. The molecule has 32 heavy (non-hydrogen) atoms. The van der Waals surface area contributed by atoms with Crippen LogP contribution in [0, 0.1) is 0 Å². The number of benzene rings is 2. The summed E-state index contributed by atoms with van der Waals surface area (Å²) in [6.45, 7) is 3.73. The summed E-state index contributed by atoms with van der Waals surface area (Å²) in [6.07, 6.45) is 8.85. The van der Waals surface area contributed by atoms with Crippen molar-refractivity contribution < 1.29 is 9.53 Å². The Balaban J connectivity index is 0.00000256. The van der Waals surface area contributed by atoms with E-state index in [-0.39, 0.29) is 30.7 Å². The van der Waals surface area contributed by atoms with Crippen molar-refractivity contribution in [3.05, 3.63) is 60.2 Å². The molecule has 0 saturated heterocycles. The van der Waals surface area contributed by atoms with Crippen LogP contribution in [0.15, 0.2) is 54.6 Å². The van der Waals surface area contributed by atoms with Crippen LogP contribution < -0.4 is 20.7 Å². The van der Waals surface area contributed by atoms with Crippen LogP contribution in [0.4, 0.5) is 0 Å². The van der Waals surface area contributed by atoms with Crippen molar-refractivity contribution in [2.45, 2.75) is 51.0 Å². The lowest BCUT2D eigenvalue weighted by atomic mass is 9.95. The quantitative estimate of drug-likeness (QED) is 0.357. The van der Waals surface area contributed by atoms with Crippen molar-refractivity contribution in [2.24, 2.45) is 0 Å². The lowest BCUT2D eigenvalue weighted by Gasteiger charge is -2.22. The van der Waals surface area contributed by atoms with E-state index in [1.54, 1.807) is 6.07 Å². The third-order valence-corrected chi connectivity index (χ3v) is 5.48. The number of rotatable bonds is 12. The Hall–Kier alpha value is -1.79. The van der Waals surface area contributed by atoms with Crippen LogP contribution in [0.2, 0.25) is 0 Å². The van der Waals surface area contributed by atoms with E-state index in [2.05, 4.69) is 16.0 Å². The molecule has 0 radical (unpaired) electrons. The molecule has 0 atom stereocenters. The molecule has 178 valence electrons. The number of carbonyl (C=O) groups excluding carboxylic acids is 1. The summed E-state index contributed by atoms with van der Waals surface area (Å²) in [5.41, 5.74) is 0.621. The minimum atomic E-state index is -0.0573. The van der Waals surface area contributed by atoms with Gasteiger partial charge in [0.2, 0.25) is 0 Å². The number of nitrogens with one attached hydrogen (secondary N) is 3. The summed E-state index contributed by atoms with van der Waals surface area (Å²) >= 11 is 0. The van der Waals surface area contributed by atoms with Crippen LogP contribution in [0.25, 0.3) is 0 Å². The standard InChI is InChI=1S/C25H35N3O2.2ClH/c29-25(21-10-9-15-24(20-21)30-23-13-5-2-6-14-23)28-17-8-7-16-26-18-19-27-22-11-3-1-4-12-22;;/h2,5-6,9-10,13-15,20,22,26-27H,1,3-4,7-8,11-12,16-19H2,(H,28,29);2*1H. The first-order valence-electron chi connectivity index (χ1n) is 11.4. The summed E-state index contributed by atoms with van der Waals surface area (Å²) in [5.74, 6) is 1.37. The molecule has 0 unspecified atom stereocenters. The highest BCUT2D eigenvalue weighted by atomic mass is 35.5. The highest BCUT2D eigenvalue weighted by molar-refractivity contribution is 5.94. The molecule has 2 aromatic carbocycles. The number of unbranched alkanes of at least 4 members (excludes halogenated alkanes) is 1. The molecule has 1 aliphatic rings. The zero-order chi connectivity index (χ0) is 20.9. The Morgan fingerprint density at radius 3 is 2.31 bits per heavy atom. The van der Waals surface area contributed by atoms with Crippen LogP contribution in [0.1, 0.15) is 55.3 Å². The van der Waals surface area contributed by atoms with Gasteiger partial charge in [0.05, 0.1) is 0 Å². The largest absolute Gasteiger partial charge is 0.457 e. The Kier molecular flexibility index (Phi) is 14.8. The fourth-order valence-electron chi connectivity index (χ4n) is 3.80. The molecular weight excluding hydrogens is 445 g/mol. The minimum Gasteiger partial charge on any atom is -0.457 e. The van der Waals surface area contributed by atoms with Gasteiger partial charge in [-0.1, -0.05) is 43.5 Å². The number of para-hydroxylation sites is 1. The molecule has 2 aromatic rings. The molecule has 3 rings (SSSR count). The molecule has 0 aliphatic heterocycles. The fraction of sp³-hybridized carbons (Fsp3) is 0.480. The molecular formula is C25H37Cl2N3O2. The van der Waals surface area contributed by atoms with E-state index in [0.29, 0.717) is 17.9 Å². The predicted octanol–water partition coefficient (Wildman–Crippen LogP) is 5.34. The molecule has 0 heterocycles. The first-order valence-corrected chi connectivity index (χ1v) is 11.4. The average molecular weight is 482 g/mol. The van der Waals surface area contributed by atoms with Crippen molar-refractivity contribution in [2.75, 3.05) is 26.2 Å². The third kappa shape index (κ3) is 10.7. The second kappa shape index (κ2) is 16.8. The van der Waals surface area contributed by atoms with E-state index in [0.717, 1.165) is 44.3 Å². The first kappa shape index (κ1) is 28.2. The van der Waals surface area contributed by atoms with Gasteiger partial charge >= 0.3 is 0 Å². The zero-order valence-corrected chi connectivity index (χ0v) is 20.3. The Labute approximate surface area is 204 Å². The van der Waals surface area contributed by atoms with Crippen molar-refractivity contribution in [3.8, 4) is 11.5 Å². The van der Waals surface area contributed by atoms with Crippen LogP contribution in [0.5, 0.6) is 11.5 Å². The summed E-state index contributed by atoms with van der Waals surface area (Å²) in [5, 5.41) is 10.1. The van der Waals surface area contributed by atoms with Gasteiger partial charge in [0.1, 0.15) is 11.5 Å². The van der Waals surface area contributed by atoms with Gasteiger partial charge in [0.25, 0.3) is 5.91 Å². The molecule has 1 amide bonds. The van der Waals surface area contributed by atoms with E-state index in [9.17, 15) is 4.79 Å². The maximum absolute atomic E-state index is 12.4. The Morgan fingerprint density at radius 2 is 1.53 bits per heavy atom. The zero-order valence-electron chi connectivity index (χ0n) is 18.7. The molecule has 1 fully saturated rings. The maximum Gasteiger partial charge on any atom is 0.251 e. The molecule has 1 aliphatic carbocycles. The molecule has 0 aromatic heterocycles. The summed E-state index contributed by atoms with van der Waals surface area (Å²) < 4.78 is 5.80. The molecule has 0 spiro atoms. The van der Waals surface area contributed by atoms with Crippen LogP contribution in [0.3, 0.4) is 0 Å². The lowest BCUT2D eigenvalue weighted by Crippen LogP contribution is -2.36. The van der Waals surface area contributed by atoms with Gasteiger partial charge in [0.15, 0.2) is 0 Å². The second-order valence-corrected chi connectivity index (χ2v) is 7.95. The van der Waals surface area contributed by atoms with E-state index in [4.69, 9.17) is 4.74 Å². The summed E-state index contributed by atoms with van der Waals surface area (Å²) in [7, 11) is 0. The highest BCUT2D eigenvalue weighted by Gasteiger charge is 2.11. The second-order valence-electron chi connectivity index (χ2n) is 7.95. The van der Waals surface area contributed by atoms with Gasteiger partial charge in [-0.25, -0.2) is 0 Å². The van der Waals surface area contributed by atoms with Gasteiger partial charge in [-0.3, -0.25) is 4.79 Å². The minimum absolute atomic E-state index is 0. The lowest BCUT2D eigenvalue weighted by molar-refractivity contribution is 0.0952. The normalized spacial score (nSPS) is 13.5. The topological polar surface area (TPSA) is 62.4 Å². The van der Waals surface area contributed by atoms with Crippen molar-refractivity contribution in [3.63, 3.8) is 0 Å². The molecule has 0 bridgehead atoms. The summed E-state index contributed by atoms with van der Waals surface area (Å²) in [6, 6.07) is 17.6. The monoisotopic (exact) mass is 481 g/mol. The van der Waals surface area contributed by atoms with Gasteiger partial charge in [-0.2, -0.15) is 0 Å². The third-order valence-electron chi connectivity index (χ3n) is 5.48.